The van der Waals surface area contributed by atoms with E-state index in [-0.39, 0.29) is 17.5 Å². The molecule has 0 radical (unpaired) electrons. The van der Waals surface area contributed by atoms with E-state index in [2.05, 4.69) is 104 Å². The van der Waals surface area contributed by atoms with E-state index < -0.39 is 0 Å². The fourth-order valence-electron chi connectivity index (χ4n) is 5.28. The van der Waals surface area contributed by atoms with Gasteiger partial charge in [0.1, 0.15) is 0 Å². The van der Waals surface area contributed by atoms with Crippen molar-refractivity contribution in [3.8, 4) is 11.1 Å². The third-order valence-electron chi connectivity index (χ3n) is 6.67. The quantitative estimate of drug-likeness (QED) is 0.374. The van der Waals surface area contributed by atoms with Gasteiger partial charge >= 0.3 is 0 Å². The minimum absolute atomic E-state index is 0. The van der Waals surface area contributed by atoms with E-state index >= 15 is 0 Å². The predicted octanol–water partition coefficient (Wildman–Crippen LogP) is 5.71. The number of aliphatic hydroxyl groups is 1. The molecule has 0 bridgehead atoms. The van der Waals surface area contributed by atoms with E-state index in [1.807, 2.05) is 0 Å². The van der Waals surface area contributed by atoms with Crippen molar-refractivity contribution in [3.63, 3.8) is 0 Å². The lowest BCUT2D eigenvalue weighted by atomic mass is 9.67. The van der Waals surface area contributed by atoms with Gasteiger partial charge in [0.05, 0.1) is 5.41 Å². The van der Waals surface area contributed by atoms with E-state index in [0.29, 0.717) is 6.42 Å². The Morgan fingerprint density at radius 2 is 1.03 bits per heavy atom. The number of benzene rings is 4. The lowest BCUT2D eigenvalue weighted by Crippen LogP contribution is -2.28. The van der Waals surface area contributed by atoms with Crippen LogP contribution in [0.3, 0.4) is 0 Å². The average Bonchev–Trinajstić information content (AvgIpc) is 3.12. The first kappa shape index (κ1) is 22.0. The van der Waals surface area contributed by atoms with Crippen LogP contribution >= 0.6 is 0 Å². The second-order valence-corrected chi connectivity index (χ2v) is 8.46. The van der Waals surface area contributed by atoms with E-state index in [1.165, 1.54) is 44.5 Å². The van der Waals surface area contributed by atoms with Gasteiger partial charge in [0.25, 0.3) is 0 Å². The third kappa shape index (κ3) is 3.37. The summed E-state index contributed by atoms with van der Waals surface area (Å²) in [5, 5.41) is 9.36. The Morgan fingerprint density at radius 3 is 1.47 bits per heavy atom. The molecule has 0 atom stereocenters. The Kier molecular flexibility index (Phi) is 6.27. The summed E-state index contributed by atoms with van der Waals surface area (Å²) >= 11 is 0. The number of rotatable bonds is 6. The van der Waals surface area contributed by atoms with Crippen molar-refractivity contribution in [2.24, 2.45) is 0 Å². The van der Waals surface area contributed by atoms with Crippen molar-refractivity contribution in [1.29, 1.82) is 0 Å². The normalized spacial score (nSPS) is 13.2. The highest BCUT2D eigenvalue weighted by molar-refractivity contribution is 5.86. The zero-order valence-electron chi connectivity index (χ0n) is 18.5. The molecular formula is C30H30O2. The molecule has 5 rings (SSSR count). The second-order valence-electron chi connectivity index (χ2n) is 8.46. The summed E-state index contributed by atoms with van der Waals surface area (Å²) in [7, 11) is 0. The first-order valence-corrected chi connectivity index (χ1v) is 11.3. The second kappa shape index (κ2) is 9.12. The van der Waals surface area contributed by atoms with Gasteiger partial charge in [0, 0.05) is 6.61 Å². The summed E-state index contributed by atoms with van der Waals surface area (Å²) < 4.78 is 0. The molecule has 0 spiro atoms. The molecule has 4 aromatic carbocycles. The van der Waals surface area contributed by atoms with E-state index in [4.69, 9.17) is 0 Å². The van der Waals surface area contributed by atoms with Crippen molar-refractivity contribution in [1.82, 2.24) is 0 Å². The molecule has 0 saturated heterocycles. The zero-order valence-corrected chi connectivity index (χ0v) is 18.5. The van der Waals surface area contributed by atoms with Crippen molar-refractivity contribution < 1.29 is 10.6 Å². The fourth-order valence-corrected chi connectivity index (χ4v) is 5.28. The van der Waals surface area contributed by atoms with Gasteiger partial charge in [-0.15, -0.1) is 0 Å². The monoisotopic (exact) mass is 422 g/mol. The van der Waals surface area contributed by atoms with Gasteiger partial charge in [-0.1, -0.05) is 110 Å². The molecule has 0 aromatic heterocycles. The van der Waals surface area contributed by atoms with Crippen LogP contribution < -0.4 is 0 Å². The largest absolute Gasteiger partial charge is 0.412 e. The Bertz CT molecular complexity index is 1090. The Hall–Kier alpha value is -3.20. The van der Waals surface area contributed by atoms with Gasteiger partial charge in [-0.2, -0.15) is 0 Å². The molecule has 1 aliphatic rings. The van der Waals surface area contributed by atoms with E-state index in [9.17, 15) is 5.11 Å². The summed E-state index contributed by atoms with van der Waals surface area (Å²) in [6, 6.07) is 35.8. The molecular weight excluding hydrogens is 392 g/mol. The highest BCUT2D eigenvalue weighted by atomic mass is 16.2. The molecule has 2 heteroatoms. The Morgan fingerprint density at radius 1 is 0.594 bits per heavy atom. The van der Waals surface area contributed by atoms with Crippen LogP contribution in [0.2, 0.25) is 0 Å². The fraction of sp³-hybridized carbons (Fsp3) is 0.200. The maximum atomic E-state index is 9.36. The van der Waals surface area contributed by atoms with Crippen LogP contribution in [0.15, 0.2) is 97.1 Å². The van der Waals surface area contributed by atoms with Crippen molar-refractivity contribution in [2.75, 3.05) is 6.61 Å². The Balaban J connectivity index is 0.00000245. The van der Waals surface area contributed by atoms with Crippen LogP contribution in [0.5, 0.6) is 0 Å². The summed E-state index contributed by atoms with van der Waals surface area (Å²) in [6.07, 6.45) is 2.95. The molecule has 0 heterocycles. The number of aryl methyl sites for hydroxylation is 1. The smallest absolute Gasteiger partial charge is 0.0713 e. The van der Waals surface area contributed by atoms with Crippen molar-refractivity contribution >= 4 is 0 Å². The highest BCUT2D eigenvalue weighted by Gasteiger charge is 2.45. The van der Waals surface area contributed by atoms with Gasteiger partial charge in [-0.25, -0.2) is 0 Å². The molecule has 3 N–H and O–H groups in total. The van der Waals surface area contributed by atoms with Gasteiger partial charge < -0.3 is 10.6 Å². The molecule has 0 unspecified atom stereocenters. The average molecular weight is 423 g/mol. The van der Waals surface area contributed by atoms with Crippen molar-refractivity contribution in [2.45, 2.75) is 31.6 Å². The topological polar surface area (TPSA) is 51.7 Å². The van der Waals surface area contributed by atoms with Crippen LogP contribution in [-0.4, -0.2) is 17.2 Å². The minimum Gasteiger partial charge on any atom is -0.412 e. The molecule has 0 aliphatic heterocycles. The summed E-state index contributed by atoms with van der Waals surface area (Å²) in [5.41, 5.74) is 10.1. The molecule has 0 amide bonds. The first-order chi connectivity index (χ1) is 15.3. The van der Waals surface area contributed by atoms with Crippen LogP contribution in [0, 0.1) is 0 Å². The predicted molar refractivity (Wildman–Crippen MR) is 132 cm³/mol. The van der Waals surface area contributed by atoms with Gasteiger partial charge in [0.15, 0.2) is 0 Å². The van der Waals surface area contributed by atoms with E-state index in [0.717, 1.165) is 12.8 Å². The SMILES string of the molecule is CCCc1ccc(C2(c3ccc(CCO)cc3)c3ccccc3-c3ccccc32)cc1.O. The number of hydrogen-bond donors (Lipinski definition) is 1. The van der Waals surface area contributed by atoms with Crippen LogP contribution in [0.25, 0.3) is 11.1 Å². The first-order valence-electron chi connectivity index (χ1n) is 11.3. The number of fused-ring (bicyclic) bond motifs is 3. The van der Waals surface area contributed by atoms with Crippen LogP contribution in [-0.2, 0) is 18.3 Å². The minimum atomic E-state index is -0.338. The lowest BCUT2D eigenvalue weighted by Gasteiger charge is -2.34. The molecule has 1 aliphatic carbocycles. The van der Waals surface area contributed by atoms with Crippen LogP contribution in [0.4, 0.5) is 0 Å². The molecule has 0 saturated carbocycles. The summed E-state index contributed by atoms with van der Waals surface area (Å²) in [5.74, 6) is 0. The molecule has 4 aromatic rings. The number of hydrogen-bond acceptors (Lipinski definition) is 1. The Labute approximate surface area is 190 Å². The number of aliphatic hydroxyl groups excluding tert-OH is 1. The maximum absolute atomic E-state index is 9.36. The standard InChI is InChI=1S/C30H28O.H2O/c1-2-7-22-12-16-24(17-13-22)30(25-18-14-23(15-19-25)20-21-31)28-10-5-3-8-26(28)27-9-4-6-11-29(27)30;/h3-6,8-19,31H,2,7,20-21H2,1H3;1H2. The highest BCUT2D eigenvalue weighted by Crippen LogP contribution is 2.55. The van der Waals surface area contributed by atoms with Crippen LogP contribution in [0.1, 0.15) is 46.7 Å². The van der Waals surface area contributed by atoms with Gasteiger partial charge in [-0.3, -0.25) is 0 Å². The maximum Gasteiger partial charge on any atom is 0.0713 e. The summed E-state index contributed by atoms with van der Waals surface area (Å²) in [4.78, 5) is 0. The van der Waals surface area contributed by atoms with Gasteiger partial charge in [-0.05, 0) is 57.3 Å². The van der Waals surface area contributed by atoms with E-state index in [1.54, 1.807) is 0 Å². The molecule has 162 valence electrons. The molecule has 0 fully saturated rings. The zero-order chi connectivity index (χ0) is 21.3. The molecule has 2 nitrogen and oxygen atoms in total. The molecule has 32 heavy (non-hydrogen) atoms. The third-order valence-corrected chi connectivity index (χ3v) is 6.67. The van der Waals surface area contributed by atoms with Gasteiger partial charge in [0.2, 0.25) is 0 Å². The summed E-state index contributed by atoms with van der Waals surface area (Å²) in [6.45, 7) is 2.40. The lowest BCUT2D eigenvalue weighted by molar-refractivity contribution is 0.299. The van der Waals surface area contributed by atoms with Crippen molar-refractivity contribution in [3.05, 3.63) is 130 Å².